The van der Waals surface area contributed by atoms with Crippen molar-refractivity contribution in [2.75, 3.05) is 44.2 Å². The molecule has 0 amide bonds. The second kappa shape index (κ2) is 8.35. The van der Waals surface area contributed by atoms with Crippen molar-refractivity contribution < 1.29 is 9.84 Å². The molecule has 2 aromatic rings. The van der Waals surface area contributed by atoms with Crippen LogP contribution >= 0.6 is 11.3 Å². The predicted molar refractivity (Wildman–Crippen MR) is 90.7 cm³/mol. The molecule has 3 rings (SSSR count). The van der Waals surface area contributed by atoms with E-state index in [1.807, 2.05) is 23.6 Å². The Morgan fingerprint density at radius 2 is 1.96 bits per heavy atom. The molecule has 124 valence electrons. The van der Waals surface area contributed by atoms with E-state index in [4.69, 9.17) is 4.74 Å². The number of thiophene rings is 1. The molecule has 1 aliphatic heterocycles. The standard InChI is InChI=1S/C16H22N4O2S/c21-14(12-22-13-15-3-1-10-23-15)11-19-6-8-20(9-7-19)16-17-4-2-5-18-16/h1-5,10,14,21H,6-9,11-13H2/t14-/m0/s1. The van der Waals surface area contributed by atoms with Gasteiger partial charge in [0.15, 0.2) is 0 Å². The second-order valence-electron chi connectivity index (χ2n) is 5.58. The fourth-order valence-electron chi connectivity index (χ4n) is 2.63. The third-order valence-electron chi connectivity index (χ3n) is 3.81. The average Bonchev–Trinajstić information content (AvgIpc) is 3.10. The van der Waals surface area contributed by atoms with E-state index < -0.39 is 6.10 Å². The maximum Gasteiger partial charge on any atom is 0.225 e. The van der Waals surface area contributed by atoms with Crippen LogP contribution in [0.5, 0.6) is 0 Å². The lowest BCUT2D eigenvalue weighted by atomic mass is 10.2. The Labute approximate surface area is 140 Å². The summed E-state index contributed by atoms with van der Waals surface area (Å²) in [6.07, 6.45) is 3.08. The topological polar surface area (TPSA) is 61.7 Å². The van der Waals surface area contributed by atoms with Gasteiger partial charge in [-0.25, -0.2) is 9.97 Å². The average molecular weight is 334 g/mol. The van der Waals surface area contributed by atoms with E-state index in [0.717, 1.165) is 32.1 Å². The maximum absolute atomic E-state index is 10.1. The number of aliphatic hydroxyl groups excluding tert-OH is 1. The molecule has 0 spiro atoms. The molecule has 7 heteroatoms. The Morgan fingerprint density at radius 3 is 2.65 bits per heavy atom. The van der Waals surface area contributed by atoms with Crippen molar-refractivity contribution in [3.8, 4) is 0 Å². The van der Waals surface area contributed by atoms with Crippen LogP contribution in [0.25, 0.3) is 0 Å². The molecule has 0 saturated carbocycles. The molecular formula is C16H22N4O2S. The zero-order valence-corrected chi connectivity index (χ0v) is 13.9. The highest BCUT2D eigenvalue weighted by molar-refractivity contribution is 7.09. The molecule has 3 heterocycles. The summed E-state index contributed by atoms with van der Waals surface area (Å²) < 4.78 is 5.58. The van der Waals surface area contributed by atoms with Gasteiger partial charge < -0.3 is 14.7 Å². The number of piperazine rings is 1. The van der Waals surface area contributed by atoms with Gasteiger partial charge in [-0.05, 0) is 17.5 Å². The fraction of sp³-hybridized carbons (Fsp3) is 0.500. The minimum absolute atomic E-state index is 0.375. The van der Waals surface area contributed by atoms with Gasteiger partial charge in [0.25, 0.3) is 0 Å². The van der Waals surface area contributed by atoms with Gasteiger partial charge in [-0.3, -0.25) is 4.90 Å². The third kappa shape index (κ3) is 4.97. The van der Waals surface area contributed by atoms with Gasteiger partial charge >= 0.3 is 0 Å². The van der Waals surface area contributed by atoms with Crippen LogP contribution < -0.4 is 4.90 Å². The van der Waals surface area contributed by atoms with E-state index in [2.05, 4.69) is 19.8 Å². The molecule has 0 radical (unpaired) electrons. The molecule has 0 aliphatic carbocycles. The van der Waals surface area contributed by atoms with Gasteiger partial charge in [0, 0.05) is 50.0 Å². The molecule has 1 atom stereocenters. The summed E-state index contributed by atoms with van der Waals surface area (Å²) in [5.74, 6) is 0.784. The lowest BCUT2D eigenvalue weighted by Gasteiger charge is -2.35. The van der Waals surface area contributed by atoms with E-state index in [0.29, 0.717) is 19.8 Å². The lowest BCUT2D eigenvalue weighted by Crippen LogP contribution is -2.49. The summed E-state index contributed by atoms with van der Waals surface area (Å²) in [7, 11) is 0. The number of ether oxygens (including phenoxy) is 1. The number of hydrogen-bond acceptors (Lipinski definition) is 7. The summed E-state index contributed by atoms with van der Waals surface area (Å²) in [5.41, 5.74) is 0. The summed E-state index contributed by atoms with van der Waals surface area (Å²) >= 11 is 1.67. The lowest BCUT2D eigenvalue weighted by molar-refractivity contribution is 0.00987. The number of aliphatic hydroxyl groups is 1. The number of anilines is 1. The smallest absolute Gasteiger partial charge is 0.225 e. The highest BCUT2D eigenvalue weighted by Gasteiger charge is 2.20. The van der Waals surface area contributed by atoms with Crippen molar-refractivity contribution in [2.45, 2.75) is 12.7 Å². The summed E-state index contributed by atoms with van der Waals surface area (Å²) in [6, 6.07) is 5.88. The van der Waals surface area contributed by atoms with Crippen molar-refractivity contribution in [1.29, 1.82) is 0 Å². The molecule has 1 saturated heterocycles. The molecule has 0 unspecified atom stereocenters. The zero-order valence-electron chi connectivity index (χ0n) is 13.0. The van der Waals surface area contributed by atoms with Gasteiger partial charge in [-0.2, -0.15) is 0 Å². The van der Waals surface area contributed by atoms with Crippen molar-refractivity contribution >= 4 is 17.3 Å². The van der Waals surface area contributed by atoms with Crippen molar-refractivity contribution in [1.82, 2.24) is 14.9 Å². The Balaban J connectivity index is 1.35. The first kappa shape index (κ1) is 16.3. The maximum atomic E-state index is 10.1. The van der Waals surface area contributed by atoms with Gasteiger partial charge in [0.2, 0.25) is 5.95 Å². The zero-order chi connectivity index (χ0) is 15.9. The Hall–Kier alpha value is -1.54. The molecule has 6 nitrogen and oxygen atoms in total. The van der Waals surface area contributed by atoms with Gasteiger partial charge in [-0.1, -0.05) is 6.07 Å². The molecule has 0 bridgehead atoms. The normalized spacial score (nSPS) is 17.3. The van der Waals surface area contributed by atoms with Crippen LogP contribution in [0.4, 0.5) is 5.95 Å². The molecule has 0 aromatic carbocycles. The number of hydrogen-bond donors (Lipinski definition) is 1. The van der Waals surface area contributed by atoms with Crippen LogP contribution in [0.3, 0.4) is 0 Å². The molecular weight excluding hydrogens is 312 g/mol. The molecule has 1 N–H and O–H groups in total. The Bertz CT molecular complexity index is 559. The second-order valence-corrected chi connectivity index (χ2v) is 6.62. The molecule has 1 aliphatic rings. The monoisotopic (exact) mass is 334 g/mol. The molecule has 2 aromatic heterocycles. The van der Waals surface area contributed by atoms with Gasteiger partial charge in [0.05, 0.1) is 19.3 Å². The quantitative estimate of drug-likeness (QED) is 0.822. The summed E-state index contributed by atoms with van der Waals surface area (Å²) in [4.78, 5) is 14.2. The van der Waals surface area contributed by atoms with Crippen LogP contribution in [0.2, 0.25) is 0 Å². The molecule has 1 fully saturated rings. The van der Waals surface area contributed by atoms with Crippen molar-refractivity contribution in [2.24, 2.45) is 0 Å². The first-order valence-electron chi connectivity index (χ1n) is 7.84. The SMILES string of the molecule is O[C@H](COCc1cccs1)CN1CCN(c2ncccn2)CC1. The van der Waals surface area contributed by atoms with Crippen LogP contribution in [0.15, 0.2) is 36.0 Å². The van der Waals surface area contributed by atoms with Crippen molar-refractivity contribution in [3.05, 3.63) is 40.8 Å². The van der Waals surface area contributed by atoms with E-state index in [9.17, 15) is 5.11 Å². The molecule has 23 heavy (non-hydrogen) atoms. The predicted octanol–water partition coefficient (Wildman–Crippen LogP) is 1.24. The highest BCUT2D eigenvalue weighted by atomic mass is 32.1. The van der Waals surface area contributed by atoms with E-state index in [1.54, 1.807) is 23.7 Å². The van der Waals surface area contributed by atoms with E-state index >= 15 is 0 Å². The first-order valence-corrected chi connectivity index (χ1v) is 8.72. The fourth-order valence-corrected chi connectivity index (χ4v) is 3.27. The van der Waals surface area contributed by atoms with Gasteiger partial charge in [-0.15, -0.1) is 11.3 Å². The van der Waals surface area contributed by atoms with Gasteiger partial charge in [0.1, 0.15) is 0 Å². The first-order chi connectivity index (χ1) is 11.3. The van der Waals surface area contributed by atoms with Crippen LogP contribution in [0.1, 0.15) is 4.88 Å². The highest BCUT2D eigenvalue weighted by Crippen LogP contribution is 2.11. The van der Waals surface area contributed by atoms with Crippen molar-refractivity contribution in [3.63, 3.8) is 0 Å². The number of β-amino-alcohol motifs (C(OH)–C–C–N with tert-alkyl or cyclic N) is 1. The van der Waals surface area contributed by atoms with Crippen LogP contribution in [-0.4, -0.2) is 65.4 Å². The minimum Gasteiger partial charge on any atom is -0.389 e. The van der Waals surface area contributed by atoms with Crippen LogP contribution in [-0.2, 0) is 11.3 Å². The Morgan fingerprint density at radius 1 is 1.17 bits per heavy atom. The summed E-state index contributed by atoms with van der Waals surface area (Å²) in [6.45, 7) is 5.17. The summed E-state index contributed by atoms with van der Waals surface area (Å²) in [5, 5.41) is 12.1. The third-order valence-corrected chi connectivity index (χ3v) is 4.66. The van der Waals surface area contributed by atoms with Crippen LogP contribution in [0, 0.1) is 0 Å². The van der Waals surface area contributed by atoms with E-state index in [1.165, 1.54) is 4.88 Å². The number of aromatic nitrogens is 2. The number of nitrogens with zero attached hydrogens (tertiary/aromatic N) is 4. The Kier molecular flexibility index (Phi) is 5.93. The largest absolute Gasteiger partial charge is 0.389 e. The minimum atomic E-state index is -0.450. The van der Waals surface area contributed by atoms with E-state index in [-0.39, 0.29) is 0 Å². The number of rotatable bonds is 7.